The highest BCUT2D eigenvalue weighted by Crippen LogP contribution is 2.37. The molecule has 2 bridgehead atoms. The highest BCUT2D eigenvalue weighted by molar-refractivity contribution is 5.82. The van der Waals surface area contributed by atoms with E-state index in [2.05, 4.69) is 0 Å². The van der Waals surface area contributed by atoms with E-state index >= 15 is 0 Å². The van der Waals surface area contributed by atoms with Gasteiger partial charge in [0.1, 0.15) is 12.6 Å². The van der Waals surface area contributed by atoms with Crippen LogP contribution in [0.3, 0.4) is 0 Å². The van der Waals surface area contributed by atoms with Crippen molar-refractivity contribution in [3.63, 3.8) is 0 Å². The Morgan fingerprint density at radius 1 is 1.25 bits per heavy atom. The second-order valence-corrected chi connectivity index (χ2v) is 5.08. The maximum atomic E-state index is 12.1. The van der Waals surface area contributed by atoms with Crippen molar-refractivity contribution < 1.29 is 19.4 Å². The number of benzene rings is 1. The van der Waals surface area contributed by atoms with Crippen LogP contribution in [-0.2, 0) is 16.1 Å². The van der Waals surface area contributed by atoms with Crippen molar-refractivity contribution in [1.82, 2.24) is 4.90 Å². The third kappa shape index (κ3) is 2.15. The Balaban J connectivity index is 1.68. The largest absolute Gasteiger partial charge is 0.480 e. The average molecular weight is 273 g/mol. The van der Waals surface area contributed by atoms with Crippen LogP contribution in [0.4, 0.5) is 4.79 Å². The maximum absolute atomic E-state index is 12.1. The molecule has 20 heavy (non-hydrogen) atoms. The van der Waals surface area contributed by atoms with E-state index < -0.39 is 18.1 Å². The lowest BCUT2D eigenvalue weighted by atomic mass is 10.0. The average Bonchev–Trinajstić information content (AvgIpc) is 3.06. The predicted octanol–water partition coefficient (Wildman–Crippen LogP) is 2.04. The maximum Gasteiger partial charge on any atom is 0.411 e. The molecule has 1 amide bonds. The van der Waals surface area contributed by atoms with Gasteiger partial charge < -0.3 is 9.84 Å². The molecule has 5 nitrogen and oxygen atoms in total. The molecule has 1 heterocycles. The summed E-state index contributed by atoms with van der Waals surface area (Å²) in [6.45, 7) is 0.156. The van der Waals surface area contributed by atoms with E-state index in [-0.39, 0.29) is 18.6 Å². The number of aliphatic carboxylic acids is 1. The van der Waals surface area contributed by atoms with Crippen LogP contribution in [0.25, 0.3) is 0 Å². The first kappa shape index (κ1) is 12.7. The number of carbonyl (C=O) groups is 2. The minimum Gasteiger partial charge on any atom is -0.480 e. The zero-order valence-electron chi connectivity index (χ0n) is 10.8. The summed E-state index contributed by atoms with van der Waals surface area (Å²) < 4.78 is 5.23. The van der Waals surface area contributed by atoms with Crippen molar-refractivity contribution in [2.75, 3.05) is 0 Å². The number of amides is 1. The van der Waals surface area contributed by atoms with E-state index in [1.54, 1.807) is 0 Å². The Morgan fingerprint density at radius 2 is 2.00 bits per heavy atom. The number of carboxylic acid groups (broad SMARTS) is 1. The number of rotatable bonds is 3. The number of hydrogen-bond donors (Lipinski definition) is 1. The van der Waals surface area contributed by atoms with Gasteiger partial charge in [-0.25, -0.2) is 9.59 Å². The summed E-state index contributed by atoms with van der Waals surface area (Å²) in [5.74, 6) is -1.07. The smallest absolute Gasteiger partial charge is 0.411 e. The lowest BCUT2D eigenvalue weighted by molar-refractivity contribution is -0.143. The molecular formula is C15H15NO4. The number of nitrogens with zero attached hydrogens (tertiary/aromatic N) is 1. The zero-order chi connectivity index (χ0) is 14.1. The second-order valence-electron chi connectivity index (χ2n) is 5.08. The van der Waals surface area contributed by atoms with Gasteiger partial charge in [0, 0.05) is 5.92 Å². The third-order valence-electron chi connectivity index (χ3n) is 3.83. The van der Waals surface area contributed by atoms with Crippen LogP contribution in [0, 0.1) is 5.92 Å². The van der Waals surface area contributed by atoms with Crippen LogP contribution in [0.2, 0.25) is 0 Å². The molecule has 1 aromatic rings. The molecule has 1 fully saturated rings. The summed E-state index contributed by atoms with van der Waals surface area (Å²) in [5, 5.41) is 9.26. The van der Waals surface area contributed by atoms with Crippen LogP contribution in [0.15, 0.2) is 42.5 Å². The summed E-state index contributed by atoms with van der Waals surface area (Å²) in [6, 6.07) is 8.39. The lowest BCUT2D eigenvalue weighted by Crippen LogP contribution is -2.47. The molecule has 0 spiro atoms. The molecule has 1 N–H and O–H groups in total. The lowest BCUT2D eigenvalue weighted by Gasteiger charge is -2.28. The highest BCUT2D eigenvalue weighted by atomic mass is 16.6. The number of likely N-dealkylation sites (tertiary alicyclic amines) is 1. The Hall–Kier alpha value is -2.30. The minimum absolute atomic E-state index is 0.0956. The number of fused-ring (bicyclic) bond motifs is 2. The molecule has 0 saturated carbocycles. The van der Waals surface area contributed by atoms with Gasteiger partial charge in [0.25, 0.3) is 0 Å². The molecule has 1 aliphatic heterocycles. The van der Waals surface area contributed by atoms with E-state index in [0.717, 1.165) is 5.56 Å². The molecule has 3 atom stereocenters. The number of carboxylic acids is 1. The molecule has 0 radical (unpaired) electrons. The standard InChI is InChI=1S/C15H15NO4/c17-14(18)13-11-6-7-12(8-11)16(13)15(19)20-9-10-4-2-1-3-5-10/h1-7,11-13H,8-9H2,(H,17,18). The molecule has 104 valence electrons. The van der Waals surface area contributed by atoms with Crippen LogP contribution >= 0.6 is 0 Å². The summed E-state index contributed by atoms with van der Waals surface area (Å²) >= 11 is 0. The summed E-state index contributed by atoms with van der Waals surface area (Å²) in [7, 11) is 0. The number of hydrogen-bond acceptors (Lipinski definition) is 3. The van der Waals surface area contributed by atoms with Crippen molar-refractivity contribution >= 4 is 12.1 Å². The van der Waals surface area contributed by atoms with Gasteiger partial charge in [-0.1, -0.05) is 42.5 Å². The van der Waals surface area contributed by atoms with Crippen molar-refractivity contribution in [3.05, 3.63) is 48.0 Å². The van der Waals surface area contributed by atoms with E-state index in [4.69, 9.17) is 4.74 Å². The fourth-order valence-electron chi connectivity index (χ4n) is 2.90. The minimum atomic E-state index is -0.974. The summed E-state index contributed by atoms with van der Waals surface area (Å²) in [6.07, 6.45) is 3.88. The van der Waals surface area contributed by atoms with Crippen molar-refractivity contribution in [1.29, 1.82) is 0 Å². The number of carbonyl (C=O) groups excluding carboxylic acids is 1. The van der Waals surface area contributed by atoms with E-state index in [1.165, 1.54) is 4.90 Å². The molecule has 2 aliphatic rings. The van der Waals surface area contributed by atoms with Crippen LogP contribution in [-0.4, -0.2) is 34.2 Å². The van der Waals surface area contributed by atoms with Gasteiger partial charge in [0.05, 0.1) is 6.04 Å². The van der Waals surface area contributed by atoms with E-state index in [1.807, 2.05) is 42.5 Å². The third-order valence-corrected chi connectivity index (χ3v) is 3.83. The molecule has 5 heteroatoms. The molecule has 1 aliphatic carbocycles. The second kappa shape index (κ2) is 5.00. The van der Waals surface area contributed by atoms with Crippen molar-refractivity contribution in [3.8, 4) is 0 Å². The Morgan fingerprint density at radius 3 is 2.70 bits per heavy atom. The predicted molar refractivity (Wildman–Crippen MR) is 70.9 cm³/mol. The Bertz CT molecular complexity index is 554. The molecule has 3 unspecified atom stereocenters. The molecular weight excluding hydrogens is 258 g/mol. The highest BCUT2D eigenvalue weighted by Gasteiger charge is 2.49. The zero-order valence-corrected chi connectivity index (χ0v) is 10.8. The Kier molecular flexibility index (Phi) is 3.18. The van der Waals surface area contributed by atoms with Gasteiger partial charge in [-0.3, -0.25) is 4.90 Å². The van der Waals surface area contributed by atoms with Crippen LogP contribution in [0.5, 0.6) is 0 Å². The molecule has 1 aromatic carbocycles. The molecule has 1 saturated heterocycles. The van der Waals surface area contributed by atoms with Crippen LogP contribution in [0.1, 0.15) is 12.0 Å². The van der Waals surface area contributed by atoms with Gasteiger partial charge in [-0.15, -0.1) is 0 Å². The SMILES string of the molecule is O=C(O)C1C2C=CC(C2)N1C(=O)OCc1ccccc1. The van der Waals surface area contributed by atoms with Gasteiger partial charge in [-0.05, 0) is 12.0 Å². The first-order chi connectivity index (χ1) is 9.66. The van der Waals surface area contributed by atoms with Crippen molar-refractivity contribution in [2.45, 2.75) is 25.1 Å². The van der Waals surface area contributed by atoms with E-state index in [0.29, 0.717) is 6.42 Å². The fourth-order valence-corrected chi connectivity index (χ4v) is 2.90. The molecule has 3 rings (SSSR count). The van der Waals surface area contributed by atoms with Gasteiger partial charge in [0.15, 0.2) is 0 Å². The van der Waals surface area contributed by atoms with Crippen molar-refractivity contribution in [2.24, 2.45) is 5.92 Å². The van der Waals surface area contributed by atoms with Gasteiger partial charge >= 0.3 is 12.1 Å². The normalized spacial score (nSPS) is 26.8. The van der Waals surface area contributed by atoms with E-state index in [9.17, 15) is 14.7 Å². The summed E-state index contributed by atoms with van der Waals surface area (Å²) in [5.41, 5.74) is 0.882. The quantitative estimate of drug-likeness (QED) is 0.856. The van der Waals surface area contributed by atoms with Crippen LogP contribution < -0.4 is 0 Å². The topological polar surface area (TPSA) is 66.8 Å². The first-order valence-electron chi connectivity index (χ1n) is 6.57. The first-order valence-corrected chi connectivity index (χ1v) is 6.57. The Labute approximate surface area is 116 Å². The van der Waals surface area contributed by atoms with Gasteiger partial charge in [0.2, 0.25) is 0 Å². The van der Waals surface area contributed by atoms with Gasteiger partial charge in [-0.2, -0.15) is 0 Å². The number of ether oxygens (including phenoxy) is 1. The molecule has 0 aromatic heterocycles. The summed E-state index contributed by atoms with van der Waals surface area (Å²) in [4.78, 5) is 24.8. The fraction of sp³-hybridized carbons (Fsp3) is 0.333. The monoisotopic (exact) mass is 273 g/mol.